The van der Waals surface area contributed by atoms with Crippen molar-refractivity contribution in [2.24, 2.45) is 0 Å². The summed E-state index contributed by atoms with van der Waals surface area (Å²) in [5.41, 5.74) is -0.289. The van der Waals surface area contributed by atoms with Crippen molar-refractivity contribution in [3.63, 3.8) is 0 Å². The van der Waals surface area contributed by atoms with Crippen LogP contribution in [0.1, 0.15) is 20.9 Å². The molecule has 4 aromatic rings. The fraction of sp³-hybridized carbons (Fsp3) is 0.0909. The van der Waals surface area contributed by atoms with E-state index in [4.69, 9.17) is 0 Å². The largest absolute Gasteiger partial charge is 0.433 e. The standard InChI is InChI=1S/C22H16F3N3O2S2/c1-32(30,17-6-7-20(27-12-17)22(23,24)25)16-4-2-14(3-5-16)11-28-21(29)18-10-15-8-9-26-13-19(15)31-18/h2-10,12-13H,1,11H2,(H,28,29). The predicted molar refractivity (Wildman–Crippen MR) is 118 cm³/mol. The van der Waals surface area contributed by atoms with Crippen LogP contribution in [0.3, 0.4) is 0 Å². The summed E-state index contributed by atoms with van der Waals surface area (Å²) in [5, 5.41) is 3.78. The number of fused-ring (bicyclic) bond motifs is 1. The zero-order chi connectivity index (χ0) is 22.9. The molecule has 0 saturated carbocycles. The molecular weight excluding hydrogens is 459 g/mol. The zero-order valence-electron chi connectivity index (χ0n) is 16.4. The third-order valence-corrected chi connectivity index (χ3v) is 7.83. The van der Waals surface area contributed by atoms with E-state index in [2.05, 4.69) is 21.2 Å². The Labute approximate surface area is 186 Å². The first-order valence-electron chi connectivity index (χ1n) is 9.26. The molecule has 1 N–H and O–H groups in total. The van der Waals surface area contributed by atoms with Crippen molar-refractivity contribution < 1.29 is 22.2 Å². The first-order chi connectivity index (χ1) is 15.1. The predicted octanol–water partition coefficient (Wildman–Crippen LogP) is 4.77. The summed E-state index contributed by atoms with van der Waals surface area (Å²) in [6.07, 6.45) is -0.260. The molecule has 3 aromatic heterocycles. The van der Waals surface area contributed by atoms with Crippen molar-refractivity contribution >= 4 is 42.7 Å². The van der Waals surface area contributed by atoms with E-state index in [0.717, 1.165) is 34.0 Å². The number of rotatable bonds is 5. The zero-order valence-corrected chi connectivity index (χ0v) is 18.1. The van der Waals surface area contributed by atoms with Crippen LogP contribution in [0.25, 0.3) is 10.1 Å². The van der Waals surface area contributed by atoms with Crippen molar-refractivity contribution in [3.8, 4) is 0 Å². The topological polar surface area (TPSA) is 72.0 Å². The first-order valence-corrected chi connectivity index (χ1v) is 11.8. The first kappa shape index (κ1) is 22.0. The van der Waals surface area contributed by atoms with Gasteiger partial charge in [0.15, 0.2) is 0 Å². The van der Waals surface area contributed by atoms with Crippen molar-refractivity contribution in [3.05, 3.63) is 83.3 Å². The van der Waals surface area contributed by atoms with Crippen molar-refractivity contribution in [1.82, 2.24) is 15.3 Å². The molecule has 3 heterocycles. The van der Waals surface area contributed by atoms with Gasteiger partial charge >= 0.3 is 6.18 Å². The van der Waals surface area contributed by atoms with Crippen molar-refractivity contribution in [2.75, 3.05) is 0 Å². The third kappa shape index (κ3) is 4.51. The van der Waals surface area contributed by atoms with Gasteiger partial charge in [-0.25, -0.2) is 0 Å². The number of carbonyl (C=O) groups excluding carboxylic acids is 1. The Morgan fingerprint density at radius 3 is 2.41 bits per heavy atom. The molecular formula is C22H16F3N3O2S2. The van der Waals surface area contributed by atoms with Crippen LogP contribution < -0.4 is 5.32 Å². The highest BCUT2D eigenvalue weighted by atomic mass is 32.2. The minimum absolute atomic E-state index is 0.103. The summed E-state index contributed by atoms with van der Waals surface area (Å²) >= 11 is 1.35. The van der Waals surface area contributed by atoms with Crippen LogP contribution in [0.5, 0.6) is 0 Å². The van der Waals surface area contributed by atoms with Gasteiger partial charge in [-0.3, -0.25) is 19.0 Å². The number of halogens is 3. The van der Waals surface area contributed by atoms with E-state index in [9.17, 15) is 22.2 Å². The highest BCUT2D eigenvalue weighted by molar-refractivity contribution is 8.00. The van der Waals surface area contributed by atoms with E-state index in [0.29, 0.717) is 9.77 Å². The van der Waals surface area contributed by atoms with Gasteiger partial charge in [0.25, 0.3) is 5.91 Å². The van der Waals surface area contributed by atoms with Crippen LogP contribution in [0.15, 0.2) is 76.9 Å². The van der Waals surface area contributed by atoms with Crippen molar-refractivity contribution in [2.45, 2.75) is 22.5 Å². The van der Waals surface area contributed by atoms with Crippen molar-refractivity contribution in [1.29, 1.82) is 0 Å². The average molecular weight is 476 g/mol. The molecule has 0 aliphatic carbocycles. The summed E-state index contributed by atoms with van der Waals surface area (Å²) in [6.45, 7) is 0.256. The molecule has 0 saturated heterocycles. The fourth-order valence-corrected chi connectivity index (χ4v) is 5.28. The molecule has 1 unspecified atom stereocenters. The quantitative estimate of drug-likeness (QED) is 0.422. The molecule has 0 aliphatic heterocycles. The van der Waals surface area contributed by atoms with Gasteiger partial charge in [0.2, 0.25) is 0 Å². The molecule has 4 rings (SSSR count). The average Bonchev–Trinajstić information content (AvgIpc) is 3.22. The number of benzene rings is 1. The van der Waals surface area contributed by atoms with E-state index in [1.54, 1.807) is 42.7 Å². The number of thiophene rings is 1. The number of nitrogens with zero attached hydrogens (tertiary/aromatic N) is 2. The number of hydrogen-bond acceptors (Lipinski definition) is 5. The lowest BCUT2D eigenvalue weighted by atomic mass is 10.2. The molecule has 1 amide bonds. The number of nitrogens with one attached hydrogen (secondary N) is 1. The highest BCUT2D eigenvalue weighted by Crippen LogP contribution is 2.29. The summed E-state index contributed by atoms with van der Waals surface area (Å²) in [6, 6.07) is 12.1. The minimum Gasteiger partial charge on any atom is -0.347 e. The van der Waals surface area contributed by atoms with E-state index in [-0.39, 0.29) is 17.3 Å². The van der Waals surface area contributed by atoms with Gasteiger partial charge < -0.3 is 5.32 Å². The molecule has 0 aliphatic rings. The lowest BCUT2D eigenvalue weighted by Gasteiger charge is -2.12. The number of amides is 1. The summed E-state index contributed by atoms with van der Waals surface area (Å²) in [4.78, 5) is 20.9. The van der Waals surface area contributed by atoms with E-state index >= 15 is 0 Å². The third-order valence-electron chi connectivity index (χ3n) is 4.71. The molecule has 1 atom stereocenters. The molecule has 32 heavy (non-hydrogen) atoms. The maximum absolute atomic E-state index is 13.1. The van der Waals surface area contributed by atoms with Gasteiger partial charge in [-0.1, -0.05) is 12.1 Å². The molecule has 1 aromatic carbocycles. The van der Waals surface area contributed by atoms with Gasteiger partial charge in [0.1, 0.15) is 5.69 Å². The van der Waals surface area contributed by atoms with Crippen LogP contribution in [0.4, 0.5) is 13.2 Å². The second-order valence-corrected chi connectivity index (χ2v) is 10.3. The Morgan fingerprint density at radius 1 is 1.06 bits per heavy atom. The lowest BCUT2D eigenvalue weighted by molar-refractivity contribution is -0.141. The Balaban J connectivity index is 1.44. The van der Waals surface area contributed by atoms with E-state index < -0.39 is 21.4 Å². The Bertz CT molecular complexity index is 1350. The van der Waals surface area contributed by atoms with Gasteiger partial charge in [-0.15, -0.1) is 11.3 Å². The summed E-state index contributed by atoms with van der Waals surface area (Å²) < 4.78 is 52.1. The number of aromatic nitrogens is 2. The Kier molecular flexibility index (Phi) is 5.74. The summed E-state index contributed by atoms with van der Waals surface area (Å²) in [5.74, 6) is 3.48. The monoisotopic (exact) mass is 475 g/mol. The number of hydrogen-bond donors (Lipinski definition) is 1. The van der Waals surface area contributed by atoms with Crippen LogP contribution >= 0.6 is 11.3 Å². The molecule has 0 fully saturated rings. The molecule has 164 valence electrons. The maximum atomic E-state index is 13.1. The fourth-order valence-electron chi connectivity index (χ4n) is 2.97. The smallest absolute Gasteiger partial charge is 0.347 e. The Morgan fingerprint density at radius 2 is 1.78 bits per heavy atom. The highest BCUT2D eigenvalue weighted by Gasteiger charge is 2.32. The van der Waals surface area contributed by atoms with Gasteiger partial charge in [-0.2, -0.15) is 13.2 Å². The second kappa shape index (κ2) is 8.36. The van der Waals surface area contributed by atoms with E-state index in [1.165, 1.54) is 11.3 Å². The molecule has 0 spiro atoms. The molecule has 0 radical (unpaired) electrons. The van der Waals surface area contributed by atoms with Gasteiger partial charge in [0, 0.05) is 39.6 Å². The van der Waals surface area contributed by atoms with Gasteiger partial charge in [0.05, 0.1) is 14.5 Å². The Hall–Kier alpha value is -3.24. The number of carbonyl (C=O) groups is 1. The van der Waals surface area contributed by atoms with Crippen LogP contribution in [0.2, 0.25) is 0 Å². The minimum atomic E-state index is -4.57. The maximum Gasteiger partial charge on any atom is 0.433 e. The molecule has 10 heteroatoms. The summed E-state index contributed by atoms with van der Waals surface area (Å²) in [7, 11) is -3.03. The molecule has 5 nitrogen and oxygen atoms in total. The van der Waals surface area contributed by atoms with Gasteiger partial charge in [-0.05, 0) is 53.2 Å². The second-order valence-electron chi connectivity index (χ2n) is 6.90. The normalized spacial score (nSPS) is 13.6. The molecule has 0 bridgehead atoms. The lowest BCUT2D eigenvalue weighted by Crippen LogP contribution is -2.21. The number of alkyl halides is 3. The van der Waals surface area contributed by atoms with E-state index in [1.807, 2.05) is 6.07 Å². The number of pyridine rings is 2. The van der Waals surface area contributed by atoms with Crippen LogP contribution in [0, 0.1) is 0 Å². The van der Waals surface area contributed by atoms with Crippen LogP contribution in [-0.2, 0) is 22.2 Å². The van der Waals surface area contributed by atoms with Crippen LogP contribution in [-0.4, -0.2) is 26.0 Å². The SMILES string of the molecule is C=S(=O)(c1ccc(CNC(=O)c2cc3ccncc3s2)cc1)c1ccc(C(F)(F)F)nc1.